The van der Waals surface area contributed by atoms with Crippen molar-refractivity contribution in [3.8, 4) is 5.75 Å². The summed E-state index contributed by atoms with van der Waals surface area (Å²) < 4.78 is 5.73. The molecule has 0 atom stereocenters. The number of hydrogen-bond donors (Lipinski definition) is 1. The average Bonchev–Trinajstić information content (AvgIpc) is 2.64. The Balaban J connectivity index is 2.27. The van der Waals surface area contributed by atoms with Crippen LogP contribution in [0.15, 0.2) is 12.1 Å². The largest absolute Gasteiger partial charge is 0.493 e. The van der Waals surface area contributed by atoms with Crippen molar-refractivity contribution in [2.75, 3.05) is 20.2 Å². The summed E-state index contributed by atoms with van der Waals surface area (Å²) in [5.41, 5.74) is 2.71. The van der Waals surface area contributed by atoms with E-state index in [1.807, 2.05) is 19.2 Å². The molecule has 0 aromatic heterocycles. The van der Waals surface area contributed by atoms with Gasteiger partial charge in [-0.1, -0.05) is 25.4 Å². The van der Waals surface area contributed by atoms with Gasteiger partial charge in [0.15, 0.2) is 0 Å². The van der Waals surface area contributed by atoms with E-state index in [1.165, 1.54) is 11.1 Å². The molecule has 0 saturated heterocycles. The number of rotatable bonds is 4. The number of halogens is 1. The summed E-state index contributed by atoms with van der Waals surface area (Å²) in [6, 6.07) is 4.07. The zero-order valence-electron chi connectivity index (χ0n) is 10.8. The van der Waals surface area contributed by atoms with E-state index in [9.17, 15) is 0 Å². The summed E-state index contributed by atoms with van der Waals surface area (Å²) in [6.07, 6.45) is 1.96. The molecule has 0 unspecified atom stereocenters. The van der Waals surface area contributed by atoms with Crippen LogP contribution in [0.3, 0.4) is 0 Å². The number of fused-ring (bicyclic) bond motifs is 1. The van der Waals surface area contributed by atoms with E-state index in [2.05, 4.69) is 19.2 Å². The highest BCUT2D eigenvalue weighted by Crippen LogP contribution is 2.36. The summed E-state index contributed by atoms with van der Waals surface area (Å²) in [7, 11) is 1.99. The smallest absolute Gasteiger partial charge is 0.125 e. The minimum Gasteiger partial charge on any atom is -0.493 e. The third kappa shape index (κ3) is 2.93. The second-order valence-corrected chi connectivity index (χ2v) is 5.96. The lowest BCUT2D eigenvalue weighted by Gasteiger charge is -2.25. The van der Waals surface area contributed by atoms with Crippen LogP contribution in [0, 0.1) is 5.41 Å². The first-order chi connectivity index (χ1) is 8.02. The lowest BCUT2D eigenvalue weighted by atomic mass is 9.85. The molecule has 0 radical (unpaired) electrons. The molecule has 1 aromatic carbocycles. The van der Waals surface area contributed by atoms with Gasteiger partial charge in [0.2, 0.25) is 0 Å². The molecular formula is C14H20ClNO. The van der Waals surface area contributed by atoms with Crippen LogP contribution >= 0.6 is 11.6 Å². The molecule has 2 rings (SSSR count). The minimum absolute atomic E-state index is 0.207. The number of nitrogens with one attached hydrogen (secondary N) is 1. The highest BCUT2D eigenvalue weighted by atomic mass is 35.5. The third-order valence-electron chi connectivity index (χ3n) is 3.15. The predicted molar refractivity (Wildman–Crippen MR) is 72.1 cm³/mol. The average molecular weight is 254 g/mol. The summed E-state index contributed by atoms with van der Waals surface area (Å²) in [5.74, 6) is 1.07. The van der Waals surface area contributed by atoms with Gasteiger partial charge in [0, 0.05) is 18.0 Å². The SMILES string of the molecule is CNCC(C)(C)Cc1cc(Cl)cc2c1OCC2. The highest BCUT2D eigenvalue weighted by molar-refractivity contribution is 6.30. The van der Waals surface area contributed by atoms with Crippen molar-refractivity contribution in [1.82, 2.24) is 5.32 Å². The molecule has 0 aliphatic carbocycles. The molecule has 1 heterocycles. The first-order valence-corrected chi connectivity index (χ1v) is 6.48. The van der Waals surface area contributed by atoms with Crippen molar-refractivity contribution in [3.63, 3.8) is 0 Å². The van der Waals surface area contributed by atoms with Crippen LogP contribution in [-0.4, -0.2) is 20.2 Å². The molecule has 3 heteroatoms. The Kier molecular flexibility index (Phi) is 3.64. The predicted octanol–water partition coefficient (Wildman–Crippen LogP) is 3.06. The van der Waals surface area contributed by atoms with Crippen molar-refractivity contribution >= 4 is 11.6 Å². The Hall–Kier alpha value is -0.730. The van der Waals surface area contributed by atoms with Crippen molar-refractivity contribution in [2.45, 2.75) is 26.7 Å². The molecule has 2 nitrogen and oxygen atoms in total. The molecule has 0 saturated carbocycles. The fourth-order valence-corrected chi connectivity index (χ4v) is 2.80. The molecule has 17 heavy (non-hydrogen) atoms. The van der Waals surface area contributed by atoms with E-state index in [-0.39, 0.29) is 5.41 Å². The first kappa shape index (κ1) is 12.7. The van der Waals surface area contributed by atoms with Gasteiger partial charge in [-0.2, -0.15) is 0 Å². The van der Waals surface area contributed by atoms with Gasteiger partial charge in [-0.3, -0.25) is 0 Å². The van der Waals surface area contributed by atoms with Gasteiger partial charge in [0.25, 0.3) is 0 Å². The van der Waals surface area contributed by atoms with E-state index in [1.54, 1.807) is 0 Å². The van der Waals surface area contributed by atoms with E-state index < -0.39 is 0 Å². The zero-order valence-corrected chi connectivity index (χ0v) is 11.5. The molecule has 1 aliphatic heterocycles. The van der Waals surface area contributed by atoms with E-state index in [0.717, 1.165) is 36.8 Å². The summed E-state index contributed by atoms with van der Waals surface area (Å²) in [4.78, 5) is 0. The van der Waals surface area contributed by atoms with Crippen molar-refractivity contribution in [2.24, 2.45) is 5.41 Å². The van der Waals surface area contributed by atoms with E-state index in [0.29, 0.717) is 0 Å². The van der Waals surface area contributed by atoms with Gasteiger partial charge >= 0.3 is 0 Å². The van der Waals surface area contributed by atoms with Crippen molar-refractivity contribution in [1.29, 1.82) is 0 Å². The van der Waals surface area contributed by atoms with Crippen LogP contribution < -0.4 is 10.1 Å². The Bertz CT molecular complexity index is 415. The van der Waals surface area contributed by atoms with Crippen LogP contribution in [0.2, 0.25) is 5.02 Å². The van der Waals surface area contributed by atoms with Crippen LogP contribution in [0.1, 0.15) is 25.0 Å². The van der Waals surface area contributed by atoms with Crippen molar-refractivity contribution < 1.29 is 4.74 Å². The maximum Gasteiger partial charge on any atom is 0.125 e. The van der Waals surface area contributed by atoms with Gasteiger partial charge in [0.05, 0.1) is 6.61 Å². The molecule has 0 bridgehead atoms. The maximum atomic E-state index is 6.16. The zero-order chi connectivity index (χ0) is 12.5. The van der Waals surface area contributed by atoms with Crippen LogP contribution in [0.25, 0.3) is 0 Å². The van der Waals surface area contributed by atoms with Gasteiger partial charge in [0.1, 0.15) is 5.75 Å². The van der Waals surface area contributed by atoms with Gasteiger partial charge in [-0.05, 0) is 42.1 Å². The fraction of sp³-hybridized carbons (Fsp3) is 0.571. The number of ether oxygens (including phenoxy) is 1. The van der Waals surface area contributed by atoms with Crippen molar-refractivity contribution in [3.05, 3.63) is 28.3 Å². The van der Waals surface area contributed by atoms with Crippen LogP contribution in [0.4, 0.5) is 0 Å². The fourth-order valence-electron chi connectivity index (χ4n) is 2.53. The molecule has 1 N–H and O–H groups in total. The Labute approximate surface area is 108 Å². The van der Waals surface area contributed by atoms with Gasteiger partial charge in [-0.25, -0.2) is 0 Å². The summed E-state index contributed by atoms with van der Waals surface area (Å²) in [6.45, 7) is 6.28. The third-order valence-corrected chi connectivity index (χ3v) is 3.37. The summed E-state index contributed by atoms with van der Waals surface area (Å²) >= 11 is 6.16. The quantitative estimate of drug-likeness (QED) is 0.891. The standard InChI is InChI=1S/C14H20ClNO/c1-14(2,9-16-3)8-11-7-12(15)6-10-4-5-17-13(10)11/h6-7,16H,4-5,8-9H2,1-3H3. The molecule has 0 amide bonds. The summed E-state index contributed by atoms with van der Waals surface area (Å²) in [5, 5.41) is 4.06. The molecule has 1 aliphatic rings. The monoisotopic (exact) mass is 253 g/mol. The Morgan fingerprint density at radius 3 is 2.88 bits per heavy atom. The second kappa shape index (κ2) is 4.87. The molecule has 0 spiro atoms. The Morgan fingerprint density at radius 1 is 1.41 bits per heavy atom. The topological polar surface area (TPSA) is 21.3 Å². The number of benzene rings is 1. The van der Waals surface area contributed by atoms with Gasteiger partial charge in [-0.15, -0.1) is 0 Å². The van der Waals surface area contributed by atoms with Crippen LogP contribution in [0.5, 0.6) is 5.75 Å². The minimum atomic E-state index is 0.207. The molecule has 0 fully saturated rings. The lowest BCUT2D eigenvalue weighted by molar-refractivity contribution is 0.326. The Morgan fingerprint density at radius 2 is 2.18 bits per heavy atom. The molecular weight excluding hydrogens is 234 g/mol. The van der Waals surface area contributed by atoms with Gasteiger partial charge < -0.3 is 10.1 Å². The van der Waals surface area contributed by atoms with E-state index in [4.69, 9.17) is 16.3 Å². The maximum absolute atomic E-state index is 6.16. The highest BCUT2D eigenvalue weighted by Gasteiger charge is 2.23. The normalized spacial score (nSPS) is 14.6. The number of hydrogen-bond acceptors (Lipinski definition) is 2. The molecule has 94 valence electrons. The van der Waals surface area contributed by atoms with Crippen LogP contribution in [-0.2, 0) is 12.8 Å². The molecule has 1 aromatic rings. The second-order valence-electron chi connectivity index (χ2n) is 5.52. The lowest BCUT2D eigenvalue weighted by Crippen LogP contribution is -2.28. The first-order valence-electron chi connectivity index (χ1n) is 6.10. The van der Waals surface area contributed by atoms with E-state index >= 15 is 0 Å².